The molecule has 3 heterocycles. The number of hydrogen-bond acceptors (Lipinski definition) is 10. The van der Waals surface area contributed by atoms with Gasteiger partial charge in [-0.3, -0.25) is 4.79 Å². The number of nitrogen functional groups attached to an aromatic ring is 1. The Morgan fingerprint density at radius 3 is 2.62 bits per heavy atom. The van der Waals surface area contributed by atoms with Crippen LogP contribution in [-0.2, 0) is 9.53 Å². The van der Waals surface area contributed by atoms with Gasteiger partial charge in [-0.05, 0) is 37.3 Å². The van der Waals surface area contributed by atoms with E-state index in [4.69, 9.17) is 20.2 Å². The van der Waals surface area contributed by atoms with Crippen LogP contribution in [0.3, 0.4) is 0 Å². The summed E-state index contributed by atoms with van der Waals surface area (Å²) in [5.41, 5.74) is 8.39. The minimum absolute atomic E-state index is 0.0197. The summed E-state index contributed by atoms with van der Waals surface area (Å²) in [5.74, 6) is 0.540. The Hall–Kier alpha value is -4.65. The van der Waals surface area contributed by atoms with Crippen LogP contribution in [-0.4, -0.2) is 69.2 Å². The number of aromatic nitrogens is 6. The molecule has 0 saturated carbocycles. The molecule has 0 aliphatic carbocycles. The maximum atomic E-state index is 13.5. The topological polar surface area (TPSA) is 166 Å². The summed E-state index contributed by atoms with van der Waals surface area (Å²) in [7, 11) is 2.90. The molecule has 0 aliphatic heterocycles. The first-order valence-corrected chi connectivity index (χ1v) is 11.3. The quantitative estimate of drug-likeness (QED) is 0.250. The molecule has 4 aromatic rings. The molecule has 0 spiro atoms. The van der Waals surface area contributed by atoms with Gasteiger partial charge in [0.15, 0.2) is 5.82 Å². The number of rotatable bonds is 10. The molecule has 1 atom stereocenters. The van der Waals surface area contributed by atoms with Crippen molar-refractivity contribution < 1.29 is 18.7 Å². The van der Waals surface area contributed by atoms with Gasteiger partial charge in [-0.15, -0.1) is 0 Å². The normalized spacial score (nSPS) is 11.7. The fourth-order valence-electron chi connectivity index (χ4n) is 3.46. The fourth-order valence-corrected chi connectivity index (χ4v) is 3.46. The molecule has 12 nitrogen and oxygen atoms in total. The Kier molecular flexibility index (Phi) is 7.83. The van der Waals surface area contributed by atoms with E-state index in [2.05, 4.69) is 35.6 Å². The second kappa shape index (κ2) is 11.4. The Morgan fingerprint density at radius 1 is 1.11 bits per heavy atom. The molecule has 4 rings (SSSR count). The molecule has 37 heavy (non-hydrogen) atoms. The van der Waals surface area contributed by atoms with Gasteiger partial charge in [0.25, 0.3) is 5.88 Å². The number of imidazole rings is 1. The highest BCUT2D eigenvalue weighted by molar-refractivity contribution is 5.79. The number of amides is 1. The van der Waals surface area contributed by atoms with E-state index in [-0.39, 0.29) is 36.1 Å². The highest BCUT2D eigenvalue weighted by Crippen LogP contribution is 2.32. The van der Waals surface area contributed by atoms with Crippen molar-refractivity contribution in [1.82, 2.24) is 35.2 Å². The van der Waals surface area contributed by atoms with Crippen molar-refractivity contribution in [1.29, 1.82) is 0 Å². The molecule has 3 aromatic heterocycles. The first kappa shape index (κ1) is 25.4. The van der Waals surface area contributed by atoms with Crippen LogP contribution in [0.5, 0.6) is 5.88 Å². The Morgan fingerprint density at radius 2 is 1.89 bits per heavy atom. The number of aromatic amines is 1. The van der Waals surface area contributed by atoms with Crippen molar-refractivity contribution in [3.8, 4) is 40.0 Å². The zero-order valence-corrected chi connectivity index (χ0v) is 20.4. The zero-order valence-electron chi connectivity index (χ0n) is 20.4. The SMILES string of the molecule is COCC(=O)N[C@@H](C)CNc1nccc(-c2[nH]c(-c3ccc(F)cc3)nc2-c2cnc(N)c(OC)n2)n1. The number of nitrogens with two attached hydrogens (primary N) is 1. The lowest BCUT2D eigenvalue weighted by Gasteiger charge is -2.14. The van der Waals surface area contributed by atoms with Gasteiger partial charge in [0.1, 0.15) is 29.6 Å². The van der Waals surface area contributed by atoms with Crippen LogP contribution in [0.25, 0.3) is 34.2 Å². The molecular weight excluding hydrogens is 481 g/mol. The van der Waals surface area contributed by atoms with Gasteiger partial charge in [0, 0.05) is 31.5 Å². The van der Waals surface area contributed by atoms with Gasteiger partial charge < -0.3 is 30.8 Å². The van der Waals surface area contributed by atoms with Gasteiger partial charge in [-0.1, -0.05) is 0 Å². The van der Waals surface area contributed by atoms with Crippen molar-refractivity contribution in [2.45, 2.75) is 13.0 Å². The third-order valence-electron chi connectivity index (χ3n) is 5.19. The summed E-state index contributed by atoms with van der Waals surface area (Å²) in [4.78, 5) is 37.1. The number of anilines is 2. The Balaban J connectivity index is 1.68. The van der Waals surface area contributed by atoms with E-state index in [9.17, 15) is 9.18 Å². The summed E-state index contributed by atoms with van der Waals surface area (Å²) in [5, 5.41) is 5.92. The lowest BCUT2D eigenvalue weighted by molar-refractivity contribution is -0.125. The summed E-state index contributed by atoms with van der Waals surface area (Å²) in [6.07, 6.45) is 3.08. The second-order valence-corrected chi connectivity index (χ2v) is 8.01. The molecule has 13 heteroatoms. The van der Waals surface area contributed by atoms with E-state index < -0.39 is 0 Å². The first-order valence-electron chi connectivity index (χ1n) is 11.3. The van der Waals surface area contributed by atoms with Crippen LogP contribution in [0.2, 0.25) is 0 Å². The van der Waals surface area contributed by atoms with Crippen LogP contribution < -0.4 is 21.1 Å². The predicted octanol–water partition coefficient (Wildman–Crippen LogP) is 2.28. The number of halogens is 1. The minimum atomic E-state index is -0.357. The molecule has 0 radical (unpaired) electrons. The minimum Gasteiger partial charge on any atom is -0.478 e. The number of hydrogen-bond donors (Lipinski definition) is 4. The number of carbonyl (C=O) groups excluding carboxylic acids is 1. The third kappa shape index (κ3) is 6.13. The van der Waals surface area contributed by atoms with Crippen molar-refractivity contribution >= 4 is 17.7 Å². The fraction of sp³-hybridized carbons (Fsp3) is 0.250. The molecule has 1 amide bonds. The lowest BCUT2D eigenvalue weighted by Crippen LogP contribution is -2.39. The van der Waals surface area contributed by atoms with Crippen molar-refractivity contribution in [2.75, 3.05) is 38.4 Å². The van der Waals surface area contributed by atoms with Crippen LogP contribution in [0.4, 0.5) is 16.2 Å². The van der Waals surface area contributed by atoms with Gasteiger partial charge in [0.05, 0.1) is 24.7 Å². The largest absolute Gasteiger partial charge is 0.478 e. The highest BCUT2D eigenvalue weighted by atomic mass is 19.1. The molecule has 0 unspecified atom stereocenters. The standard InChI is InChI=1S/C24H26FN9O3/c1-13(30-18(35)12-36-2)10-29-24-27-9-8-16(32-24)19-20(17-11-28-21(26)23(31-17)37-3)34-22(33-19)14-4-6-15(25)7-5-14/h4-9,11,13H,10,12H2,1-3H3,(H2,26,28)(H,30,35)(H,33,34)(H,27,29,32)/t13-/m0/s1. The average molecular weight is 508 g/mol. The van der Waals surface area contributed by atoms with Crippen LogP contribution in [0.1, 0.15) is 6.92 Å². The number of nitrogens with one attached hydrogen (secondary N) is 3. The lowest BCUT2D eigenvalue weighted by atomic mass is 10.2. The number of carbonyl (C=O) groups is 1. The maximum absolute atomic E-state index is 13.5. The molecule has 1 aromatic carbocycles. The van der Waals surface area contributed by atoms with E-state index >= 15 is 0 Å². The van der Waals surface area contributed by atoms with Gasteiger partial charge in [0.2, 0.25) is 11.9 Å². The smallest absolute Gasteiger partial charge is 0.257 e. The monoisotopic (exact) mass is 507 g/mol. The number of H-pyrrole nitrogens is 1. The molecular formula is C24H26FN9O3. The molecule has 192 valence electrons. The van der Waals surface area contributed by atoms with E-state index in [0.717, 1.165) is 0 Å². The van der Waals surface area contributed by atoms with Crippen molar-refractivity contribution in [3.05, 3.63) is 48.5 Å². The highest BCUT2D eigenvalue weighted by Gasteiger charge is 2.20. The number of methoxy groups -OCH3 is 2. The van der Waals surface area contributed by atoms with Gasteiger partial charge >= 0.3 is 0 Å². The Labute approximate surface area is 211 Å². The van der Waals surface area contributed by atoms with E-state index in [0.29, 0.717) is 46.7 Å². The van der Waals surface area contributed by atoms with Crippen LogP contribution in [0.15, 0.2) is 42.7 Å². The molecule has 0 saturated heterocycles. The molecule has 0 fully saturated rings. The van der Waals surface area contributed by atoms with Crippen molar-refractivity contribution in [2.24, 2.45) is 0 Å². The Bertz CT molecular complexity index is 1380. The summed E-state index contributed by atoms with van der Waals surface area (Å²) in [6, 6.07) is 7.44. The van der Waals surface area contributed by atoms with Crippen molar-refractivity contribution in [3.63, 3.8) is 0 Å². The summed E-state index contributed by atoms with van der Waals surface area (Å²) < 4.78 is 23.5. The van der Waals surface area contributed by atoms with E-state index in [1.807, 2.05) is 6.92 Å². The third-order valence-corrected chi connectivity index (χ3v) is 5.19. The van der Waals surface area contributed by atoms with Crippen LogP contribution in [0, 0.1) is 5.82 Å². The number of nitrogens with zero attached hydrogens (tertiary/aromatic N) is 5. The van der Waals surface area contributed by atoms with E-state index in [1.54, 1.807) is 24.4 Å². The zero-order chi connectivity index (χ0) is 26.4. The molecule has 5 N–H and O–H groups in total. The summed E-state index contributed by atoms with van der Waals surface area (Å²) >= 11 is 0. The van der Waals surface area contributed by atoms with E-state index in [1.165, 1.54) is 32.5 Å². The first-order chi connectivity index (χ1) is 17.9. The maximum Gasteiger partial charge on any atom is 0.257 e. The number of ether oxygens (including phenoxy) is 2. The van der Waals surface area contributed by atoms with Gasteiger partial charge in [-0.25, -0.2) is 29.3 Å². The summed E-state index contributed by atoms with van der Waals surface area (Å²) in [6.45, 7) is 2.21. The van der Waals surface area contributed by atoms with Crippen LogP contribution >= 0.6 is 0 Å². The van der Waals surface area contributed by atoms with Gasteiger partial charge in [-0.2, -0.15) is 0 Å². The number of benzene rings is 1. The average Bonchev–Trinajstić information content (AvgIpc) is 3.34. The second-order valence-electron chi connectivity index (χ2n) is 8.01. The molecule has 0 aliphatic rings. The predicted molar refractivity (Wildman–Crippen MR) is 135 cm³/mol. The molecule has 0 bridgehead atoms.